The van der Waals surface area contributed by atoms with Crippen LogP contribution in [0.15, 0.2) is 24.3 Å². The van der Waals surface area contributed by atoms with Gasteiger partial charge in [0.05, 0.1) is 6.10 Å². The summed E-state index contributed by atoms with van der Waals surface area (Å²) in [5, 5.41) is 0. The van der Waals surface area contributed by atoms with Gasteiger partial charge in [0.1, 0.15) is 6.10 Å². The lowest BCUT2D eigenvalue weighted by Crippen LogP contribution is -2.37. The number of anilines is 1. The Morgan fingerprint density at radius 2 is 1.86 bits per heavy atom. The Labute approximate surface area is 139 Å². The van der Waals surface area contributed by atoms with Crippen LogP contribution in [-0.4, -0.2) is 31.7 Å². The molecule has 0 spiro atoms. The van der Waals surface area contributed by atoms with Gasteiger partial charge in [0.2, 0.25) is 0 Å². The molecule has 2 atom stereocenters. The number of carbonyl (C=O) groups excluding carboxylic acids is 1. The number of hydrogen-bond donors (Lipinski definition) is 1. The zero-order chi connectivity index (χ0) is 15.6. The molecule has 1 fully saturated rings. The first-order valence-corrected chi connectivity index (χ1v) is 7.56. The summed E-state index contributed by atoms with van der Waals surface area (Å²) in [6, 6.07) is 8.15. The van der Waals surface area contributed by atoms with Crippen molar-refractivity contribution in [3.05, 3.63) is 29.8 Å². The molecule has 0 aromatic heterocycles. The second kappa shape index (κ2) is 7.44. The van der Waals surface area contributed by atoms with Crippen molar-refractivity contribution >= 4 is 24.0 Å². The summed E-state index contributed by atoms with van der Waals surface area (Å²) in [5.41, 5.74) is 7.86. The molecule has 1 heterocycles. The van der Waals surface area contributed by atoms with Gasteiger partial charge in [-0.05, 0) is 36.0 Å². The molecule has 0 bridgehead atoms. The maximum atomic E-state index is 12.4. The van der Waals surface area contributed by atoms with Crippen LogP contribution >= 0.6 is 12.4 Å². The van der Waals surface area contributed by atoms with Gasteiger partial charge in [-0.2, -0.15) is 0 Å². The third kappa shape index (κ3) is 4.22. The van der Waals surface area contributed by atoms with Gasteiger partial charge in [0, 0.05) is 19.3 Å². The van der Waals surface area contributed by atoms with Gasteiger partial charge in [-0.1, -0.05) is 32.9 Å². The van der Waals surface area contributed by atoms with Crippen LogP contribution < -0.4 is 10.6 Å². The number of ether oxygens (including phenoxy) is 1. The molecule has 1 aliphatic heterocycles. The third-order valence-corrected chi connectivity index (χ3v) is 4.10. The van der Waals surface area contributed by atoms with Crippen molar-refractivity contribution in [3.8, 4) is 0 Å². The predicted octanol–water partition coefficient (Wildman–Crippen LogP) is 2.88. The highest BCUT2D eigenvalue weighted by Crippen LogP contribution is 2.26. The molecule has 4 nitrogen and oxygen atoms in total. The molecule has 2 N–H and O–H groups in total. The first-order chi connectivity index (χ1) is 9.82. The molecular weight excluding hydrogens is 300 g/mol. The molecular formula is C17H27ClN2O2. The maximum absolute atomic E-state index is 12.4. The first-order valence-electron chi connectivity index (χ1n) is 7.56. The molecule has 1 aliphatic rings. The minimum Gasteiger partial charge on any atom is -0.364 e. The number of halogens is 1. The molecule has 0 aliphatic carbocycles. The van der Waals surface area contributed by atoms with E-state index in [1.54, 1.807) is 11.9 Å². The summed E-state index contributed by atoms with van der Waals surface area (Å²) in [6.45, 7) is 7.01. The van der Waals surface area contributed by atoms with E-state index in [9.17, 15) is 4.79 Å². The third-order valence-electron chi connectivity index (χ3n) is 4.10. The lowest BCUT2D eigenvalue weighted by Gasteiger charge is -2.23. The average molecular weight is 327 g/mol. The van der Waals surface area contributed by atoms with Crippen LogP contribution in [0.2, 0.25) is 0 Å². The van der Waals surface area contributed by atoms with Crippen LogP contribution in [0.3, 0.4) is 0 Å². The molecule has 124 valence electrons. The van der Waals surface area contributed by atoms with Crippen molar-refractivity contribution < 1.29 is 9.53 Å². The van der Waals surface area contributed by atoms with Gasteiger partial charge in [0.25, 0.3) is 5.91 Å². The maximum Gasteiger partial charge on any atom is 0.255 e. The molecule has 1 aromatic rings. The highest BCUT2D eigenvalue weighted by atomic mass is 35.5. The molecule has 0 unspecified atom stereocenters. The van der Waals surface area contributed by atoms with Gasteiger partial charge < -0.3 is 15.4 Å². The first kappa shape index (κ1) is 18.9. The fourth-order valence-corrected chi connectivity index (χ4v) is 2.59. The van der Waals surface area contributed by atoms with Crippen LogP contribution in [0.1, 0.15) is 39.2 Å². The molecule has 1 amide bonds. The monoisotopic (exact) mass is 326 g/mol. The Hall–Kier alpha value is -1.10. The van der Waals surface area contributed by atoms with Gasteiger partial charge >= 0.3 is 0 Å². The normalized spacial score (nSPS) is 21.3. The summed E-state index contributed by atoms with van der Waals surface area (Å²) in [6.07, 6.45) is 1.29. The van der Waals surface area contributed by atoms with E-state index in [1.165, 1.54) is 5.56 Å². The van der Waals surface area contributed by atoms with E-state index in [4.69, 9.17) is 10.5 Å². The fourth-order valence-electron chi connectivity index (χ4n) is 2.59. The number of likely N-dealkylation sites (N-methyl/N-ethyl adjacent to an activating group) is 1. The lowest BCUT2D eigenvalue weighted by atomic mass is 9.87. The summed E-state index contributed by atoms with van der Waals surface area (Å²) in [5.74, 6) is 0.00876. The topological polar surface area (TPSA) is 55.6 Å². The number of carbonyl (C=O) groups is 1. The van der Waals surface area contributed by atoms with Crippen LogP contribution in [0.5, 0.6) is 0 Å². The van der Waals surface area contributed by atoms with Crippen LogP contribution in [0, 0.1) is 0 Å². The number of rotatable bonds is 3. The van der Waals surface area contributed by atoms with Gasteiger partial charge in [-0.15, -0.1) is 12.4 Å². The minimum atomic E-state index is -0.356. The quantitative estimate of drug-likeness (QED) is 0.929. The lowest BCUT2D eigenvalue weighted by molar-refractivity contribution is -0.128. The molecule has 22 heavy (non-hydrogen) atoms. The Balaban J connectivity index is 0.00000242. The number of benzene rings is 1. The highest BCUT2D eigenvalue weighted by molar-refractivity contribution is 5.96. The summed E-state index contributed by atoms with van der Waals surface area (Å²) in [4.78, 5) is 14.1. The molecule has 1 aromatic carbocycles. The Kier molecular flexibility index (Phi) is 6.41. The Morgan fingerprint density at radius 3 is 2.32 bits per heavy atom. The smallest absolute Gasteiger partial charge is 0.255 e. The highest BCUT2D eigenvalue weighted by Gasteiger charge is 2.32. The van der Waals surface area contributed by atoms with Crippen LogP contribution in [0.4, 0.5) is 5.69 Å². The van der Waals surface area contributed by atoms with E-state index in [0.717, 1.165) is 18.5 Å². The summed E-state index contributed by atoms with van der Waals surface area (Å²) in [7, 11) is 1.80. The minimum absolute atomic E-state index is 0. The van der Waals surface area contributed by atoms with E-state index < -0.39 is 0 Å². The van der Waals surface area contributed by atoms with E-state index in [0.29, 0.717) is 6.54 Å². The van der Waals surface area contributed by atoms with Crippen molar-refractivity contribution in [2.24, 2.45) is 5.73 Å². The van der Waals surface area contributed by atoms with E-state index in [2.05, 4.69) is 32.9 Å². The molecule has 5 heteroatoms. The molecule has 1 saturated heterocycles. The van der Waals surface area contributed by atoms with Gasteiger partial charge in [-0.25, -0.2) is 0 Å². The summed E-state index contributed by atoms with van der Waals surface area (Å²) < 4.78 is 5.68. The fraction of sp³-hybridized carbons (Fsp3) is 0.588. The van der Waals surface area contributed by atoms with E-state index in [-0.39, 0.29) is 35.9 Å². The average Bonchev–Trinajstić information content (AvgIpc) is 2.94. The second-order valence-electron chi connectivity index (χ2n) is 6.75. The van der Waals surface area contributed by atoms with Crippen LogP contribution in [-0.2, 0) is 14.9 Å². The van der Waals surface area contributed by atoms with Gasteiger partial charge in [-0.3, -0.25) is 4.79 Å². The van der Waals surface area contributed by atoms with Crippen LogP contribution in [0.25, 0.3) is 0 Å². The molecule has 0 radical (unpaired) electrons. The number of nitrogens with two attached hydrogens (primary N) is 1. The number of hydrogen-bond acceptors (Lipinski definition) is 3. The summed E-state index contributed by atoms with van der Waals surface area (Å²) >= 11 is 0. The number of amides is 1. The molecule has 0 saturated carbocycles. The van der Waals surface area contributed by atoms with Crippen molar-refractivity contribution in [2.75, 3.05) is 18.5 Å². The number of nitrogens with zero attached hydrogens (tertiary/aromatic N) is 1. The standard InChI is InChI=1S/C17H26N2O2.ClH/c1-17(2,3)12-5-7-13(8-6-12)19(4)16(20)15-10-9-14(11-18)21-15;/h5-8,14-15H,9-11,18H2,1-4H3;1H/t14-,15+;/m1./s1. The van der Waals surface area contributed by atoms with Crippen molar-refractivity contribution in [2.45, 2.75) is 51.2 Å². The second-order valence-corrected chi connectivity index (χ2v) is 6.75. The van der Waals surface area contributed by atoms with Crippen molar-refractivity contribution in [1.29, 1.82) is 0 Å². The largest absolute Gasteiger partial charge is 0.364 e. The van der Waals surface area contributed by atoms with E-state index in [1.807, 2.05) is 12.1 Å². The molecule has 2 rings (SSSR count). The SMILES string of the molecule is CN(C(=O)[C@@H]1CC[C@H](CN)O1)c1ccc(C(C)(C)C)cc1.Cl. The zero-order valence-corrected chi connectivity index (χ0v) is 14.7. The van der Waals surface area contributed by atoms with E-state index >= 15 is 0 Å². The Bertz CT molecular complexity index is 496. The van der Waals surface area contributed by atoms with Gasteiger partial charge in [0.15, 0.2) is 0 Å². The Morgan fingerprint density at radius 1 is 1.27 bits per heavy atom. The van der Waals surface area contributed by atoms with Crippen molar-refractivity contribution in [3.63, 3.8) is 0 Å². The predicted molar refractivity (Wildman–Crippen MR) is 92.7 cm³/mol. The zero-order valence-electron chi connectivity index (χ0n) is 13.8. The van der Waals surface area contributed by atoms with Crippen molar-refractivity contribution in [1.82, 2.24) is 0 Å².